The molecule has 7 heterocycles. The smallest absolute Gasteiger partial charge is 0.254 e. The Balaban J connectivity index is 0.704. The van der Waals surface area contributed by atoms with Crippen LogP contribution in [0.3, 0.4) is 0 Å². The molecule has 18 nitrogen and oxygen atoms in total. The Morgan fingerprint density at radius 3 is 2.44 bits per heavy atom. The van der Waals surface area contributed by atoms with Crippen LogP contribution in [-0.4, -0.2) is 179 Å². The number of ether oxygens (including phenoxy) is 2. The molecule has 3 fully saturated rings. The third-order valence-corrected chi connectivity index (χ3v) is 17.6. The Kier molecular flexibility index (Phi) is 18.8. The number of benzene rings is 2. The van der Waals surface area contributed by atoms with Crippen molar-refractivity contribution in [2.75, 3.05) is 103 Å². The van der Waals surface area contributed by atoms with Crippen molar-refractivity contribution in [3.63, 3.8) is 0 Å². The number of nitrogens with zero attached hydrogens (tertiary/aromatic N) is 9. The number of aromatic nitrogens is 3. The highest BCUT2D eigenvalue weighted by atomic mass is 32.2. The van der Waals surface area contributed by atoms with E-state index in [1.807, 2.05) is 55.3 Å². The number of ketones is 2. The van der Waals surface area contributed by atoms with Gasteiger partial charge in [0, 0.05) is 93.0 Å². The molecule has 1 unspecified atom stereocenters. The molecule has 2 bridgehead atoms. The van der Waals surface area contributed by atoms with E-state index in [-0.39, 0.29) is 79.3 Å². The predicted octanol–water partition coefficient (Wildman–Crippen LogP) is 6.07. The van der Waals surface area contributed by atoms with E-state index in [1.165, 1.54) is 12.1 Å². The Labute approximate surface area is 461 Å². The summed E-state index contributed by atoms with van der Waals surface area (Å²) in [5.74, 6) is -0.0465. The maximum atomic E-state index is 14.7. The third-order valence-electron chi connectivity index (χ3n) is 16.4. The second-order valence-electron chi connectivity index (χ2n) is 21.6. The van der Waals surface area contributed by atoms with Crippen LogP contribution in [0.1, 0.15) is 102 Å². The van der Waals surface area contributed by atoms with Gasteiger partial charge in [-0.3, -0.25) is 33.6 Å². The number of fused-ring (bicyclic) bond motifs is 8. The van der Waals surface area contributed by atoms with Gasteiger partial charge in [-0.15, -0.1) is 11.8 Å². The molecule has 3 saturated heterocycles. The minimum absolute atomic E-state index is 0.00664. The summed E-state index contributed by atoms with van der Waals surface area (Å²) < 4.78 is 28.3. The first-order chi connectivity index (χ1) is 37.7. The van der Waals surface area contributed by atoms with Crippen LogP contribution in [0.15, 0.2) is 65.9 Å². The van der Waals surface area contributed by atoms with Crippen molar-refractivity contribution in [2.45, 2.75) is 102 Å². The van der Waals surface area contributed by atoms with E-state index in [4.69, 9.17) is 25.3 Å². The van der Waals surface area contributed by atoms with Gasteiger partial charge in [0.2, 0.25) is 11.8 Å². The van der Waals surface area contributed by atoms with Crippen LogP contribution < -0.4 is 16.0 Å². The van der Waals surface area contributed by atoms with Crippen molar-refractivity contribution < 1.29 is 37.8 Å². The van der Waals surface area contributed by atoms with Gasteiger partial charge in [-0.05, 0) is 108 Å². The number of hydrogen-bond donors (Lipinski definition) is 2. The minimum atomic E-state index is -0.463. The first-order valence-electron chi connectivity index (χ1n) is 27.7. The summed E-state index contributed by atoms with van der Waals surface area (Å²) in [7, 11) is 5.25. The monoisotopic (exact) mass is 1090 g/mol. The Bertz CT molecular complexity index is 2840. The summed E-state index contributed by atoms with van der Waals surface area (Å²) in [6, 6.07) is 12.7. The molecule has 0 spiro atoms. The number of carbonyl (C=O) groups is 5. The number of halogens is 1. The zero-order valence-electron chi connectivity index (χ0n) is 45.8. The number of anilines is 2. The molecular weight excluding hydrogens is 1010 g/mol. The summed E-state index contributed by atoms with van der Waals surface area (Å²) in [5.41, 5.74) is 12.3. The van der Waals surface area contributed by atoms with Crippen LogP contribution in [0.5, 0.6) is 0 Å². The van der Waals surface area contributed by atoms with Crippen LogP contribution in [0, 0.1) is 24.6 Å². The first kappa shape index (κ1) is 56.7. The molecule has 2 aromatic carbocycles. The molecular formula is C58H76FN11O7S. The fourth-order valence-electron chi connectivity index (χ4n) is 11.6. The molecule has 3 N–H and O–H groups in total. The fourth-order valence-corrected chi connectivity index (χ4v) is 12.8. The molecule has 0 aliphatic carbocycles. The van der Waals surface area contributed by atoms with E-state index in [1.54, 1.807) is 59.6 Å². The molecule has 0 radical (unpaired) electrons. The number of nitrogens with one attached hydrogen (secondary N) is 1. The number of pyridine rings is 1. The van der Waals surface area contributed by atoms with Gasteiger partial charge < -0.3 is 45.0 Å². The molecule has 3 amide bonds. The molecule has 4 aromatic rings. The predicted molar refractivity (Wildman–Crippen MR) is 300 cm³/mol. The van der Waals surface area contributed by atoms with Crippen molar-refractivity contribution >= 4 is 57.6 Å². The third kappa shape index (κ3) is 13.2. The zero-order valence-corrected chi connectivity index (χ0v) is 46.6. The number of aryl methyl sites for hydroxylation is 1. The van der Waals surface area contributed by atoms with Crippen LogP contribution >= 0.6 is 11.8 Å². The fraction of sp³-hybridized carbons (Fsp3) is 0.552. The van der Waals surface area contributed by atoms with Crippen molar-refractivity contribution in [1.82, 2.24) is 39.7 Å². The number of likely N-dealkylation sites (tertiary alicyclic amines) is 2. The van der Waals surface area contributed by atoms with Crippen LogP contribution in [0.25, 0.3) is 11.1 Å². The topological polar surface area (TPSA) is 201 Å². The largest absolute Gasteiger partial charge is 0.382 e. The van der Waals surface area contributed by atoms with E-state index >= 15 is 0 Å². The molecule has 418 valence electrons. The van der Waals surface area contributed by atoms with Gasteiger partial charge in [0.15, 0.2) is 5.78 Å². The van der Waals surface area contributed by atoms with E-state index < -0.39 is 17.8 Å². The van der Waals surface area contributed by atoms with Crippen molar-refractivity contribution in [2.24, 2.45) is 16.8 Å². The molecule has 5 aliphatic rings. The Morgan fingerprint density at radius 2 is 1.67 bits per heavy atom. The summed E-state index contributed by atoms with van der Waals surface area (Å²) in [6.07, 6.45) is 8.90. The number of nitrogens with two attached hydrogens (primary N) is 1. The van der Waals surface area contributed by atoms with Gasteiger partial charge >= 0.3 is 0 Å². The average molecular weight is 1090 g/mol. The van der Waals surface area contributed by atoms with E-state index in [0.29, 0.717) is 80.0 Å². The standard InChI is InChI=1S/C58H76FN11O7S/c1-37-10-12-40(13-11-37)54(73)48-36-78-56(63-48)50-9-7-20-70(50)58(75)44(32-52(71)38(2)61-3)39-16-21-67(22-17-39)25-27-77-29-28-76-26-18-53(72)65(4)23-24-68-34-46-41-30-51(55(60)62-33-41)69-19-6-8-49(69)45-31-42(59)14-15-43(45)57(74)66(5)35-47(46)64-68/h10-15,30-31,33-34,38-39,44,48-50,61H,6-9,16-29,32,35-36H2,1-5H3,(H2,60,62)/t38-,44-,48?,49-,50-/m1/s1. The molecule has 78 heavy (non-hydrogen) atoms. The number of hydrogen-bond acceptors (Lipinski definition) is 15. The molecule has 20 heteroatoms. The lowest BCUT2D eigenvalue weighted by Crippen LogP contribution is -2.48. The van der Waals surface area contributed by atoms with Gasteiger partial charge in [0.25, 0.3) is 5.91 Å². The minimum Gasteiger partial charge on any atom is -0.382 e. The maximum absolute atomic E-state index is 14.7. The summed E-state index contributed by atoms with van der Waals surface area (Å²) in [4.78, 5) is 87.7. The lowest BCUT2D eigenvalue weighted by atomic mass is 9.79. The molecule has 5 aliphatic heterocycles. The Hall–Kier alpha value is -6.06. The van der Waals surface area contributed by atoms with Crippen LogP contribution in [-0.2, 0) is 36.9 Å². The number of amides is 3. The van der Waals surface area contributed by atoms with E-state index in [2.05, 4.69) is 20.1 Å². The number of nitrogen functional groups attached to an aromatic ring is 1. The SMILES string of the molecule is CN[C@H](C)C(=O)C[C@@H](C(=O)N1CCC[C@@H]1C1=NC(C(=O)c2ccc(C)cc2)CS1)C1CCN(CCOCCOCCC(=O)N(C)CCn2cc3c(n2)CN(C)C(=O)c2ccc(F)cc2[C@H]2CCCN2c2cc-3cnc2N)CC1. The highest BCUT2D eigenvalue weighted by Gasteiger charge is 2.43. The number of Topliss-reactive ketones (excluding diaryl/α,β-unsaturated/α-hetero) is 2. The number of aliphatic imine (C=N–C) groups is 1. The summed E-state index contributed by atoms with van der Waals surface area (Å²) in [6.45, 7) is 10.0. The van der Waals surface area contributed by atoms with Crippen LogP contribution in [0.4, 0.5) is 15.9 Å². The number of piperidine rings is 1. The normalized spacial score (nSPS) is 20.6. The molecule has 0 saturated carbocycles. The van der Waals surface area contributed by atoms with Gasteiger partial charge in [-0.25, -0.2) is 9.37 Å². The second kappa shape index (κ2) is 25.8. The second-order valence-corrected chi connectivity index (χ2v) is 22.6. The Morgan fingerprint density at radius 1 is 0.923 bits per heavy atom. The summed E-state index contributed by atoms with van der Waals surface area (Å²) in [5, 5.41) is 8.81. The van der Waals surface area contributed by atoms with E-state index in [0.717, 1.165) is 85.6 Å². The highest BCUT2D eigenvalue weighted by molar-refractivity contribution is 8.14. The molecule has 9 rings (SSSR count). The average Bonchev–Trinajstić information content (AvgIpc) is 4.43. The van der Waals surface area contributed by atoms with Crippen molar-refractivity contribution in [3.8, 4) is 11.1 Å². The van der Waals surface area contributed by atoms with Crippen molar-refractivity contribution in [1.29, 1.82) is 0 Å². The number of likely N-dealkylation sites (N-methyl/N-ethyl adjacent to an activating group) is 2. The molecule has 5 atom stereocenters. The van der Waals surface area contributed by atoms with Crippen molar-refractivity contribution in [3.05, 3.63) is 94.7 Å². The lowest BCUT2D eigenvalue weighted by molar-refractivity contribution is -0.141. The number of rotatable bonds is 21. The molecule has 2 aromatic heterocycles. The van der Waals surface area contributed by atoms with E-state index in [9.17, 15) is 28.4 Å². The zero-order chi connectivity index (χ0) is 55.0. The lowest BCUT2D eigenvalue weighted by Gasteiger charge is -2.38. The number of thioether (sulfide) groups is 1. The summed E-state index contributed by atoms with van der Waals surface area (Å²) >= 11 is 1.58. The van der Waals surface area contributed by atoms with Crippen LogP contribution in [0.2, 0.25) is 0 Å². The van der Waals surface area contributed by atoms with Gasteiger partial charge in [-0.2, -0.15) is 5.10 Å². The van der Waals surface area contributed by atoms with Gasteiger partial charge in [-0.1, -0.05) is 29.8 Å². The number of carbonyl (C=O) groups excluding carboxylic acids is 5. The quantitative estimate of drug-likeness (QED) is 0.0720. The highest BCUT2D eigenvalue weighted by Crippen LogP contribution is 2.42. The maximum Gasteiger partial charge on any atom is 0.254 e. The van der Waals surface area contributed by atoms with Gasteiger partial charge in [0.1, 0.15) is 23.5 Å². The van der Waals surface area contributed by atoms with Gasteiger partial charge in [0.05, 0.1) is 80.5 Å². The first-order valence-corrected chi connectivity index (χ1v) is 28.7.